The van der Waals surface area contributed by atoms with E-state index in [0.29, 0.717) is 5.56 Å². The molecule has 0 saturated carbocycles. The molecule has 0 N–H and O–H groups in total. The molecule has 1 aromatic rings. The van der Waals surface area contributed by atoms with E-state index < -0.39 is 9.05 Å². The molecule has 0 aliphatic rings. The summed E-state index contributed by atoms with van der Waals surface area (Å²) in [6.45, 7) is 0. The minimum atomic E-state index is -3.63. The Hall–Kier alpha value is -1.12. The van der Waals surface area contributed by atoms with Crippen molar-refractivity contribution in [3.63, 3.8) is 0 Å². The summed E-state index contributed by atoms with van der Waals surface area (Å²) in [5.74, 6) is -0.370. The first kappa shape index (κ1) is 9.96. The van der Waals surface area contributed by atoms with Gasteiger partial charge in [-0.2, -0.15) is 5.26 Å². The van der Waals surface area contributed by atoms with Crippen LogP contribution in [0.5, 0.6) is 0 Å². The molecule has 13 heavy (non-hydrogen) atoms. The van der Waals surface area contributed by atoms with Crippen LogP contribution in [0.3, 0.4) is 0 Å². The standard InChI is InChI=1S/C7H5ClN2O2S/c8-13(11,12)5-6-2-1-3-10-7(6)4-9/h1-3H,5H2. The van der Waals surface area contributed by atoms with E-state index in [9.17, 15) is 8.42 Å². The lowest BCUT2D eigenvalue weighted by atomic mass is 10.2. The number of nitrogens with zero attached hydrogens (tertiary/aromatic N) is 2. The highest BCUT2D eigenvalue weighted by Gasteiger charge is 2.11. The van der Waals surface area contributed by atoms with Crippen LogP contribution in [-0.2, 0) is 14.8 Å². The SMILES string of the molecule is N#Cc1ncccc1CS(=O)(=O)Cl. The molecule has 0 aliphatic heterocycles. The van der Waals surface area contributed by atoms with E-state index in [0.717, 1.165) is 0 Å². The van der Waals surface area contributed by atoms with E-state index in [1.165, 1.54) is 12.3 Å². The summed E-state index contributed by atoms with van der Waals surface area (Å²) in [7, 11) is 1.40. The summed E-state index contributed by atoms with van der Waals surface area (Å²) < 4.78 is 21.4. The number of hydrogen-bond donors (Lipinski definition) is 0. The first-order valence-electron chi connectivity index (χ1n) is 3.29. The number of aromatic nitrogens is 1. The monoisotopic (exact) mass is 216 g/mol. The third kappa shape index (κ3) is 3.01. The molecule has 1 heterocycles. The molecule has 0 bridgehead atoms. The van der Waals surface area contributed by atoms with Gasteiger partial charge in [-0.15, -0.1) is 0 Å². The fourth-order valence-corrected chi connectivity index (χ4v) is 1.80. The van der Waals surface area contributed by atoms with Crippen LogP contribution < -0.4 is 0 Å². The fraction of sp³-hybridized carbons (Fsp3) is 0.143. The van der Waals surface area contributed by atoms with Gasteiger partial charge < -0.3 is 0 Å². The molecule has 68 valence electrons. The highest BCUT2D eigenvalue weighted by Crippen LogP contribution is 2.11. The maximum atomic E-state index is 10.7. The summed E-state index contributed by atoms with van der Waals surface area (Å²) in [6.07, 6.45) is 1.42. The zero-order chi connectivity index (χ0) is 9.90. The number of hydrogen-bond acceptors (Lipinski definition) is 4. The first-order valence-corrected chi connectivity index (χ1v) is 5.77. The first-order chi connectivity index (χ1) is 6.03. The van der Waals surface area contributed by atoms with Crippen LogP contribution in [0.25, 0.3) is 0 Å². The Morgan fingerprint density at radius 2 is 2.31 bits per heavy atom. The van der Waals surface area contributed by atoms with Gasteiger partial charge in [0.15, 0.2) is 0 Å². The van der Waals surface area contributed by atoms with Crippen molar-refractivity contribution in [2.45, 2.75) is 5.75 Å². The van der Waals surface area contributed by atoms with Crippen molar-refractivity contribution in [3.8, 4) is 6.07 Å². The third-order valence-electron chi connectivity index (χ3n) is 1.33. The van der Waals surface area contributed by atoms with Crippen molar-refractivity contribution >= 4 is 19.7 Å². The quantitative estimate of drug-likeness (QED) is 0.692. The molecule has 0 atom stereocenters. The topological polar surface area (TPSA) is 70.8 Å². The Bertz CT molecular complexity index is 450. The average Bonchev–Trinajstić information content (AvgIpc) is 2.02. The van der Waals surface area contributed by atoms with E-state index >= 15 is 0 Å². The predicted octanol–water partition coefficient (Wildman–Crippen LogP) is 1.02. The largest absolute Gasteiger partial charge is 0.245 e. The molecule has 0 aromatic carbocycles. The molecule has 0 saturated heterocycles. The Morgan fingerprint density at radius 3 is 2.85 bits per heavy atom. The van der Waals surface area contributed by atoms with Crippen LogP contribution in [0, 0.1) is 11.3 Å². The lowest BCUT2D eigenvalue weighted by molar-refractivity contribution is 0.608. The zero-order valence-electron chi connectivity index (χ0n) is 6.44. The number of nitriles is 1. The van der Waals surface area contributed by atoms with Crippen molar-refractivity contribution in [2.75, 3.05) is 0 Å². The van der Waals surface area contributed by atoms with Crippen LogP contribution in [0.15, 0.2) is 18.3 Å². The molecule has 0 amide bonds. The Balaban J connectivity index is 3.10. The average molecular weight is 217 g/mol. The molecule has 0 fully saturated rings. The van der Waals surface area contributed by atoms with E-state index in [2.05, 4.69) is 4.98 Å². The molecule has 0 aliphatic carbocycles. The molecule has 4 nitrogen and oxygen atoms in total. The second kappa shape index (κ2) is 3.73. The lowest BCUT2D eigenvalue weighted by Crippen LogP contribution is -1.99. The molecule has 6 heteroatoms. The molecule has 1 aromatic heterocycles. The Morgan fingerprint density at radius 1 is 1.62 bits per heavy atom. The predicted molar refractivity (Wildman–Crippen MR) is 47.4 cm³/mol. The maximum Gasteiger partial charge on any atom is 0.236 e. The van der Waals surface area contributed by atoms with Gasteiger partial charge in [0.1, 0.15) is 11.8 Å². The van der Waals surface area contributed by atoms with E-state index in [1.807, 2.05) is 0 Å². The zero-order valence-corrected chi connectivity index (χ0v) is 8.01. The molecular formula is C7H5ClN2O2S. The number of halogens is 1. The minimum Gasteiger partial charge on any atom is -0.245 e. The van der Waals surface area contributed by atoms with Crippen molar-refractivity contribution in [2.24, 2.45) is 0 Å². The van der Waals surface area contributed by atoms with Crippen molar-refractivity contribution in [3.05, 3.63) is 29.6 Å². The molecule has 0 radical (unpaired) electrons. The minimum absolute atomic E-state index is 0.0896. The van der Waals surface area contributed by atoms with Gasteiger partial charge in [-0.25, -0.2) is 13.4 Å². The summed E-state index contributed by atoms with van der Waals surface area (Å²) in [6, 6.07) is 4.84. The van der Waals surface area contributed by atoms with Crippen LogP contribution in [0.2, 0.25) is 0 Å². The van der Waals surface area contributed by atoms with Gasteiger partial charge in [0.2, 0.25) is 9.05 Å². The maximum absolute atomic E-state index is 10.7. The van der Waals surface area contributed by atoms with Gasteiger partial charge in [-0.05, 0) is 6.07 Å². The van der Waals surface area contributed by atoms with Crippen molar-refractivity contribution < 1.29 is 8.42 Å². The normalized spacial score (nSPS) is 10.8. The summed E-state index contributed by atoms with van der Waals surface area (Å²) >= 11 is 0. The number of pyridine rings is 1. The van der Waals surface area contributed by atoms with E-state index in [-0.39, 0.29) is 11.4 Å². The van der Waals surface area contributed by atoms with Gasteiger partial charge >= 0.3 is 0 Å². The highest BCUT2D eigenvalue weighted by atomic mass is 35.7. The van der Waals surface area contributed by atoms with Crippen LogP contribution in [0.1, 0.15) is 11.3 Å². The van der Waals surface area contributed by atoms with E-state index in [1.54, 1.807) is 12.1 Å². The van der Waals surface area contributed by atoms with Gasteiger partial charge in [0, 0.05) is 22.4 Å². The second-order valence-corrected chi connectivity index (χ2v) is 5.08. The summed E-state index contributed by atoms with van der Waals surface area (Å²) in [5, 5.41) is 8.56. The molecule has 0 spiro atoms. The smallest absolute Gasteiger partial charge is 0.236 e. The fourth-order valence-electron chi connectivity index (χ4n) is 0.841. The van der Waals surface area contributed by atoms with E-state index in [4.69, 9.17) is 15.9 Å². The lowest BCUT2D eigenvalue weighted by Gasteiger charge is -1.98. The molecule has 1 rings (SSSR count). The van der Waals surface area contributed by atoms with Crippen LogP contribution in [0.4, 0.5) is 0 Å². The van der Waals surface area contributed by atoms with Crippen molar-refractivity contribution in [1.82, 2.24) is 4.98 Å². The Kier molecular flexibility index (Phi) is 2.86. The summed E-state index contributed by atoms with van der Waals surface area (Å²) in [5.41, 5.74) is 0.409. The van der Waals surface area contributed by atoms with Gasteiger partial charge in [0.05, 0.1) is 5.75 Å². The molecular weight excluding hydrogens is 212 g/mol. The summed E-state index contributed by atoms with van der Waals surface area (Å²) in [4.78, 5) is 3.70. The highest BCUT2D eigenvalue weighted by molar-refractivity contribution is 8.13. The van der Waals surface area contributed by atoms with Gasteiger partial charge in [-0.3, -0.25) is 0 Å². The van der Waals surface area contributed by atoms with Crippen LogP contribution >= 0.6 is 10.7 Å². The van der Waals surface area contributed by atoms with Gasteiger partial charge in [0.25, 0.3) is 0 Å². The Labute approximate surface area is 80.2 Å². The molecule has 0 unspecified atom stereocenters. The van der Waals surface area contributed by atoms with Gasteiger partial charge in [-0.1, -0.05) is 6.07 Å². The third-order valence-corrected chi connectivity index (χ3v) is 2.31. The number of rotatable bonds is 2. The second-order valence-electron chi connectivity index (χ2n) is 2.31. The van der Waals surface area contributed by atoms with Crippen LogP contribution in [-0.4, -0.2) is 13.4 Å². The van der Waals surface area contributed by atoms with Crippen molar-refractivity contribution in [1.29, 1.82) is 5.26 Å².